The molecule has 0 spiro atoms. The van der Waals surface area contributed by atoms with E-state index in [1.54, 1.807) is 36.4 Å². The fraction of sp³-hybridized carbons (Fsp3) is 0.278. The van der Waals surface area contributed by atoms with Crippen LogP contribution in [-0.2, 0) is 38.8 Å². The summed E-state index contributed by atoms with van der Waals surface area (Å²) >= 11 is 6.38. The van der Waals surface area contributed by atoms with Gasteiger partial charge in [-0.05, 0) is 54.3 Å². The Bertz CT molecular complexity index is 1800. The summed E-state index contributed by atoms with van der Waals surface area (Å²) in [6.07, 6.45) is -1.17. The molecule has 5 rings (SSSR count). The third kappa shape index (κ3) is 8.56. The van der Waals surface area contributed by atoms with Crippen LogP contribution in [0.3, 0.4) is 0 Å². The van der Waals surface area contributed by atoms with E-state index in [0.29, 0.717) is 15.9 Å². The Labute approximate surface area is 283 Å². The second-order valence-corrected chi connectivity index (χ2v) is 14.0. The minimum atomic E-state index is -4.82. The van der Waals surface area contributed by atoms with Crippen molar-refractivity contribution >= 4 is 39.1 Å². The van der Waals surface area contributed by atoms with Crippen LogP contribution in [0.2, 0.25) is 5.02 Å². The van der Waals surface area contributed by atoms with E-state index in [1.807, 2.05) is 30.3 Å². The van der Waals surface area contributed by atoms with Crippen molar-refractivity contribution in [2.75, 3.05) is 10.8 Å². The molecule has 0 heterocycles. The average Bonchev–Trinajstić information content (AvgIpc) is 3.59. The van der Waals surface area contributed by atoms with E-state index in [9.17, 15) is 31.2 Å². The highest BCUT2D eigenvalue weighted by Crippen LogP contribution is 2.37. The summed E-state index contributed by atoms with van der Waals surface area (Å²) in [5.41, 5.74) is -0.211. The van der Waals surface area contributed by atoms with E-state index in [-0.39, 0.29) is 28.9 Å². The molecule has 0 unspecified atom stereocenters. The van der Waals surface area contributed by atoms with Gasteiger partial charge in [0.1, 0.15) is 12.6 Å². The summed E-state index contributed by atoms with van der Waals surface area (Å²) in [4.78, 5) is 29.6. The topological polar surface area (TPSA) is 86.8 Å². The van der Waals surface area contributed by atoms with Gasteiger partial charge in [0.05, 0.1) is 21.2 Å². The maximum Gasteiger partial charge on any atom is 0.416 e. The van der Waals surface area contributed by atoms with Crippen LogP contribution in [0.5, 0.6) is 0 Å². The molecule has 1 atom stereocenters. The van der Waals surface area contributed by atoms with Crippen molar-refractivity contribution in [2.24, 2.45) is 0 Å². The zero-order chi connectivity index (χ0) is 34.3. The Balaban J connectivity index is 1.60. The van der Waals surface area contributed by atoms with Gasteiger partial charge in [0.2, 0.25) is 11.8 Å². The van der Waals surface area contributed by atoms with E-state index >= 15 is 0 Å². The maximum atomic E-state index is 14.6. The lowest BCUT2D eigenvalue weighted by Gasteiger charge is -2.34. The third-order valence-electron chi connectivity index (χ3n) is 8.32. The molecule has 12 heteroatoms. The quantitative estimate of drug-likeness (QED) is 0.169. The van der Waals surface area contributed by atoms with Crippen molar-refractivity contribution in [3.63, 3.8) is 0 Å². The highest BCUT2D eigenvalue weighted by molar-refractivity contribution is 7.92. The van der Waals surface area contributed by atoms with Crippen LogP contribution >= 0.6 is 11.6 Å². The molecule has 0 bridgehead atoms. The first-order chi connectivity index (χ1) is 22.9. The number of benzene rings is 4. The number of sulfonamides is 1. The standard InChI is InChI=1S/C36H35ClF3N3O4S/c37-31-21-20-28(36(38,39)40)23-32(31)43(48(46,47)30-18-8-3-9-19-30)25-34(44)42(24-27-14-6-2-7-15-27)33(22-26-12-4-1-5-13-26)35(45)41-29-16-10-11-17-29/h1-9,12-15,18-21,23,29,33H,10-11,16-17,22,24-25H2,(H,41,45)/t33-/m1/s1. The molecule has 7 nitrogen and oxygen atoms in total. The molecule has 4 aromatic carbocycles. The first-order valence-electron chi connectivity index (χ1n) is 15.6. The van der Waals surface area contributed by atoms with Gasteiger partial charge < -0.3 is 10.2 Å². The number of rotatable bonds is 12. The van der Waals surface area contributed by atoms with Crippen LogP contribution in [0.15, 0.2) is 114 Å². The Morgan fingerprint density at radius 3 is 1.98 bits per heavy atom. The monoisotopic (exact) mass is 697 g/mol. The molecular formula is C36H35ClF3N3O4S. The van der Waals surface area contributed by atoms with E-state index in [2.05, 4.69) is 5.32 Å². The van der Waals surface area contributed by atoms with E-state index in [4.69, 9.17) is 11.6 Å². The highest BCUT2D eigenvalue weighted by Gasteiger charge is 2.38. The largest absolute Gasteiger partial charge is 0.416 e. The molecular weight excluding hydrogens is 663 g/mol. The smallest absolute Gasteiger partial charge is 0.352 e. The number of amides is 2. The zero-order valence-electron chi connectivity index (χ0n) is 25.9. The third-order valence-corrected chi connectivity index (χ3v) is 10.4. The molecule has 1 saturated carbocycles. The molecule has 0 saturated heterocycles. The average molecular weight is 698 g/mol. The van der Waals surface area contributed by atoms with Crippen LogP contribution in [0.4, 0.5) is 18.9 Å². The summed E-state index contributed by atoms with van der Waals surface area (Å²) < 4.78 is 70.4. The summed E-state index contributed by atoms with van der Waals surface area (Å²) in [6.45, 7) is -0.988. The predicted octanol–water partition coefficient (Wildman–Crippen LogP) is 7.25. The summed E-state index contributed by atoms with van der Waals surface area (Å²) in [7, 11) is -4.63. The van der Waals surface area contributed by atoms with Gasteiger partial charge in [-0.25, -0.2) is 8.42 Å². The molecule has 0 radical (unpaired) electrons. The Hall–Kier alpha value is -4.35. The second kappa shape index (κ2) is 15.3. The van der Waals surface area contributed by atoms with Crippen molar-refractivity contribution in [2.45, 2.75) is 61.8 Å². The number of anilines is 1. The zero-order valence-corrected chi connectivity index (χ0v) is 27.5. The minimum absolute atomic E-state index is 0.0647. The molecule has 0 aliphatic heterocycles. The first kappa shape index (κ1) is 35.0. The molecule has 252 valence electrons. The van der Waals surface area contributed by atoms with Crippen LogP contribution in [0.25, 0.3) is 0 Å². The predicted molar refractivity (Wildman–Crippen MR) is 179 cm³/mol. The van der Waals surface area contributed by atoms with Gasteiger partial charge in [0, 0.05) is 19.0 Å². The SMILES string of the molecule is O=C(NC1CCCC1)[C@@H](Cc1ccccc1)N(Cc1ccccc1)C(=O)CN(c1cc(C(F)(F)F)ccc1Cl)S(=O)(=O)c1ccccc1. The molecule has 0 aromatic heterocycles. The lowest BCUT2D eigenvalue weighted by Crippen LogP contribution is -2.54. The number of nitrogens with one attached hydrogen (secondary N) is 1. The number of halogens is 4. The summed E-state index contributed by atoms with van der Waals surface area (Å²) in [5, 5.41) is 2.78. The molecule has 1 N–H and O–H groups in total. The molecule has 2 amide bonds. The number of alkyl halides is 3. The minimum Gasteiger partial charge on any atom is -0.352 e. The van der Waals surface area contributed by atoms with Crippen molar-refractivity contribution < 1.29 is 31.2 Å². The Morgan fingerprint density at radius 2 is 1.40 bits per heavy atom. The Kier molecular flexibility index (Phi) is 11.1. The van der Waals surface area contributed by atoms with Crippen LogP contribution in [-0.4, -0.2) is 43.8 Å². The van der Waals surface area contributed by atoms with E-state index < -0.39 is 51.9 Å². The van der Waals surface area contributed by atoms with Crippen molar-refractivity contribution in [1.29, 1.82) is 0 Å². The number of nitrogens with zero attached hydrogens (tertiary/aromatic N) is 2. The number of carbonyl (C=O) groups excluding carboxylic acids is 2. The number of carbonyl (C=O) groups is 2. The van der Waals surface area contributed by atoms with Gasteiger partial charge in [-0.3, -0.25) is 13.9 Å². The fourth-order valence-corrected chi connectivity index (χ4v) is 7.53. The van der Waals surface area contributed by atoms with Gasteiger partial charge in [0.15, 0.2) is 0 Å². The lowest BCUT2D eigenvalue weighted by atomic mass is 10.0. The Morgan fingerprint density at radius 1 is 0.833 bits per heavy atom. The van der Waals surface area contributed by atoms with Crippen molar-refractivity contribution in [1.82, 2.24) is 10.2 Å². The first-order valence-corrected chi connectivity index (χ1v) is 17.4. The van der Waals surface area contributed by atoms with Crippen molar-refractivity contribution in [3.8, 4) is 0 Å². The van der Waals surface area contributed by atoms with Gasteiger partial charge in [0.25, 0.3) is 10.0 Å². The van der Waals surface area contributed by atoms with Gasteiger partial charge in [-0.15, -0.1) is 0 Å². The van der Waals surface area contributed by atoms with Crippen molar-refractivity contribution in [3.05, 3.63) is 131 Å². The molecule has 1 fully saturated rings. The maximum absolute atomic E-state index is 14.6. The lowest BCUT2D eigenvalue weighted by molar-refractivity contribution is -0.140. The fourth-order valence-electron chi connectivity index (χ4n) is 5.81. The van der Waals surface area contributed by atoms with E-state index in [1.165, 1.54) is 29.2 Å². The van der Waals surface area contributed by atoms with Gasteiger partial charge >= 0.3 is 6.18 Å². The van der Waals surface area contributed by atoms with E-state index in [0.717, 1.165) is 43.4 Å². The van der Waals surface area contributed by atoms with Gasteiger partial charge in [-0.1, -0.05) is 103 Å². The summed E-state index contributed by atoms with van der Waals surface area (Å²) in [5.74, 6) is -1.20. The van der Waals surface area contributed by atoms with Crippen LogP contribution in [0.1, 0.15) is 42.4 Å². The molecule has 1 aliphatic rings. The second-order valence-electron chi connectivity index (χ2n) is 11.7. The molecule has 1 aliphatic carbocycles. The summed E-state index contributed by atoms with van der Waals surface area (Å²) in [6, 6.07) is 26.3. The normalized spacial score (nSPS) is 14.3. The number of hydrogen-bond donors (Lipinski definition) is 1. The van der Waals surface area contributed by atoms with Crippen LogP contribution < -0.4 is 9.62 Å². The number of hydrogen-bond acceptors (Lipinski definition) is 4. The van der Waals surface area contributed by atoms with Gasteiger partial charge in [-0.2, -0.15) is 13.2 Å². The highest BCUT2D eigenvalue weighted by atomic mass is 35.5. The van der Waals surface area contributed by atoms with Crippen LogP contribution in [0, 0.1) is 0 Å². The molecule has 48 heavy (non-hydrogen) atoms. The molecule has 4 aromatic rings.